The SMILES string of the molecule is O=[C]c1ccc2c(c1)CCOC2. The molecule has 0 amide bonds. The van der Waals surface area contributed by atoms with E-state index in [2.05, 4.69) is 0 Å². The van der Waals surface area contributed by atoms with E-state index in [0.717, 1.165) is 13.0 Å². The van der Waals surface area contributed by atoms with Gasteiger partial charge in [0.05, 0.1) is 13.2 Å². The second-order valence-electron chi connectivity index (χ2n) is 2.89. The lowest BCUT2D eigenvalue weighted by molar-refractivity contribution is 0.111. The molecule has 0 aliphatic carbocycles. The van der Waals surface area contributed by atoms with Gasteiger partial charge in [0.2, 0.25) is 6.29 Å². The van der Waals surface area contributed by atoms with Crippen LogP contribution in [-0.2, 0) is 22.6 Å². The fourth-order valence-corrected chi connectivity index (χ4v) is 1.43. The van der Waals surface area contributed by atoms with Crippen molar-refractivity contribution >= 4 is 6.29 Å². The quantitative estimate of drug-likeness (QED) is 0.619. The van der Waals surface area contributed by atoms with Gasteiger partial charge in [-0.1, -0.05) is 12.1 Å². The van der Waals surface area contributed by atoms with Gasteiger partial charge in [0.25, 0.3) is 0 Å². The summed E-state index contributed by atoms with van der Waals surface area (Å²) in [6.07, 6.45) is 2.79. The molecule has 0 unspecified atom stereocenters. The smallest absolute Gasteiger partial charge is 0.233 e. The Hall–Kier alpha value is -1.15. The van der Waals surface area contributed by atoms with E-state index in [1.54, 1.807) is 6.07 Å². The molecular weight excluding hydrogens is 152 g/mol. The first-order valence-corrected chi connectivity index (χ1v) is 3.98. The van der Waals surface area contributed by atoms with E-state index in [-0.39, 0.29) is 0 Å². The lowest BCUT2D eigenvalue weighted by Crippen LogP contribution is -2.09. The summed E-state index contributed by atoms with van der Waals surface area (Å²) in [6, 6.07) is 5.61. The molecule has 0 atom stereocenters. The zero-order chi connectivity index (χ0) is 8.39. The third-order valence-electron chi connectivity index (χ3n) is 2.10. The highest BCUT2D eigenvalue weighted by atomic mass is 16.5. The van der Waals surface area contributed by atoms with Gasteiger partial charge in [0, 0.05) is 5.56 Å². The highest BCUT2D eigenvalue weighted by Gasteiger charge is 2.08. The molecule has 61 valence electrons. The second kappa shape index (κ2) is 3.07. The maximum atomic E-state index is 10.3. The minimum Gasteiger partial charge on any atom is -0.376 e. The summed E-state index contributed by atoms with van der Waals surface area (Å²) < 4.78 is 5.27. The summed E-state index contributed by atoms with van der Waals surface area (Å²) in [4.78, 5) is 10.3. The Kier molecular flexibility index (Phi) is 1.92. The molecule has 12 heavy (non-hydrogen) atoms. The minimum absolute atomic E-state index is 0.635. The van der Waals surface area contributed by atoms with E-state index in [1.807, 2.05) is 18.4 Å². The van der Waals surface area contributed by atoms with Gasteiger partial charge in [-0.2, -0.15) is 0 Å². The molecule has 1 aromatic rings. The molecule has 1 radical (unpaired) electrons. The molecule has 1 aromatic carbocycles. The van der Waals surface area contributed by atoms with Gasteiger partial charge in [-0.3, -0.25) is 4.79 Å². The normalized spacial score (nSPS) is 15.3. The Morgan fingerprint density at radius 2 is 2.25 bits per heavy atom. The number of hydrogen-bond acceptors (Lipinski definition) is 2. The maximum Gasteiger partial charge on any atom is 0.233 e. The van der Waals surface area contributed by atoms with Crippen LogP contribution < -0.4 is 0 Å². The summed E-state index contributed by atoms with van der Waals surface area (Å²) in [5.41, 5.74) is 3.05. The molecule has 1 aliphatic heterocycles. The molecule has 2 nitrogen and oxygen atoms in total. The molecule has 1 heterocycles. The Balaban J connectivity index is 2.42. The number of hydrogen-bond donors (Lipinski definition) is 0. The van der Waals surface area contributed by atoms with Crippen LogP contribution in [0.25, 0.3) is 0 Å². The highest BCUT2D eigenvalue weighted by Crippen LogP contribution is 2.17. The largest absolute Gasteiger partial charge is 0.376 e. The monoisotopic (exact) mass is 161 g/mol. The zero-order valence-corrected chi connectivity index (χ0v) is 6.67. The molecule has 0 spiro atoms. The van der Waals surface area contributed by atoms with Gasteiger partial charge < -0.3 is 4.74 Å². The van der Waals surface area contributed by atoms with E-state index in [4.69, 9.17) is 4.74 Å². The van der Waals surface area contributed by atoms with Crippen LogP contribution in [0.2, 0.25) is 0 Å². The summed E-state index contributed by atoms with van der Waals surface area (Å²) in [7, 11) is 0. The van der Waals surface area contributed by atoms with E-state index >= 15 is 0 Å². The topological polar surface area (TPSA) is 26.3 Å². The third kappa shape index (κ3) is 1.25. The van der Waals surface area contributed by atoms with Crippen LogP contribution in [0.1, 0.15) is 16.7 Å². The van der Waals surface area contributed by atoms with Crippen LogP contribution in [0.3, 0.4) is 0 Å². The van der Waals surface area contributed by atoms with Crippen LogP contribution in [0.15, 0.2) is 18.2 Å². The van der Waals surface area contributed by atoms with Gasteiger partial charge >= 0.3 is 0 Å². The number of benzene rings is 1. The fourth-order valence-electron chi connectivity index (χ4n) is 1.43. The summed E-state index contributed by atoms with van der Waals surface area (Å²) >= 11 is 0. The summed E-state index contributed by atoms with van der Waals surface area (Å²) in [6.45, 7) is 1.43. The first-order chi connectivity index (χ1) is 5.90. The van der Waals surface area contributed by atoms with Crippen LogP contribution in [0.4, 0.5) is 0 Å². The van der Waals surface area contributed by atoms with E-state index in [1.165, 1.54) is 11.1 Å². The first-order valence-electron chi connectivity index (χ1n) is 3.98. The van der Waals surface area contributed by atoms with Crippen LogP contribution in [0.5, 0.6) is 0 Å². The Labute approximate surface area is 71.2 Å². The molecule has 2 heteroatoms. The highest BCUT2D eigenvalue weighted by molar-refractivity contribution is 5.75. The van der Waals surface area contributed by atoms with E-state index in [9.17, 15) is 4.79 Å². The molecule has 1 aliphatic rings. The number of rotatable bonds is 1. The van der Waals surface area contributed by atoms with E-state index < -0.39 is 0 Å². The Morgan fingerprint density at radius 1 is 1.33 bits per heavy atom. The fraction of sp³-hybridized carbons (Fsp3) is 0.300. The van der Waals surface area contributed by atoms with Crippen LogP contribution >= 0.6 is 0 Å². The predicted octanol–water partition coefficient (Wildman–Crippen LogP) is 1.22. The standard InChI is InChI=1S/C10H9O2/c11-6-8-1-2-10-7-12-4-3-9(10)5-8/h1-2,5H,3-4,7H2. The molecule has 0 N–H and O–H groups in total. The van der Waals surface area contributed by atoms with Crippen molar-refractivity contribution in [2.45, 2.75) is 13.0 Å². The van der Waals surface area contributed by atoms with Crippen LogP contribution in [-0.4, -0.2) is 12.9 Å². The van der Waals surface area contributed by atoms with Crippen molar-refractivity contribution in [2.75, 3.05) is 6.61 Å². The third-order valence-corrected chi connectivity index (χ3v) is 2.10. The van der Waals surface area contributed by atoms with Gasteiger partial charge in [-0.25, -0.2) is 0 Å². The summed E-state index contributed by atoms with van der Waals surface area (Å²) in [5.74, 6) is 0. The summed E-state index contributed by atoms with van der Waals surface area (Å²) in [5, 5.41) is 0. The van der Waals surface area contributed by atoms with Crippen molar-refractivity contribution in [2.24, 2.45) is 0 Å². The average molecular weight is 161 g/mol. The van der Waals surface area contributed by atoms with Crippen molar-refractivity contribution in [3.05, 3.63) is 34.9 Å². The number of ether oxygens (including phenoxy) is 1. The lowest BCUT2D eigenvalue weighted by atomic mass is 10.0. The van der Waals surface area contributed by atoms with E-state index in [0.29, 0.717) is 12.2 Å². The lowest BCUT2D eigenvalue weighted by Gasteiger charge is -2.15. The van der Waals surface area contributed by atoms with Gasteiger partial charge in [-0.15, -0.1) is 0 Å². The molecule has 0 bridgehead atoms. The predicted molar refractivity (Wildman–Crippen MR) is 44.6 cm³/mol. The molecule has 2 rings (SSSR count). The Morgan fingerprint density at radius 3 is 3.08 bits per heavy atom. The second-order valence-corrected chi connectivity index (χ2v) is 2.89. The molecule has 0 saturated heterocycles. The molecule has 0 fully saturated rings. The first kappa shape index (κ1) is 7.50. The van der Waals surface area contributed by atoms with Crippen LogP contribution in [0, 0.1) is 0 Å². The van der Waals surface area contributed by atoms with Gasteiger partial charge in [-0.05, 0) is 23.6 Å². The number of fused-ring (bicyclic) bond motifs is 1. The zero-order valence-electron chi connectivity index (χ0n) is 6.67. The van der Waals surface area contributed by atoms with Crippen molar-refractivity contribution < 1.29 is 9.53 Å². The minimum atomic E-state index is 0.635. The molecule has 0 saturated carbocycles. The Bertz CT molecular complexity index is 305. The van der Waals surface area contributed by atoms with Crippen molar-refractivity contribution in [3.8, 4) is 0 Å². The van der Waals surface area contributed by atoms with Crippen molar-refractivity contribution in [1.82, 2.24) is 0 Å². The molecule has 0 aromatic heterocycles. The van der Waals surface area contributed by atoms with Crippen molar-refractivity contribution in [1.29, 1.82) is 0 Å². The number of carbonyl (C=O) groups excluding carboxylic acids is 1. The van der Waals surface area contributed by atoms with Crippen molar-refractivity contribution in [3.63, 3.8) is 0 Å². The van der Waals surface area contributed by atoms with Gasteiger partial charge in [0.15, 0.2) is 0 Å². The average Bonchev–Trinajstić information content (AvgIpc) is 2.17. The maximum absolute atomic E-state index is 10.3. The molecular formula is C10H9O2. The van der Waals surface area contributed by atoms with Gasteiger partial charge in [0.1, 0.15) is 0 Å².